The molecule has 2 aromatic rings. The number of nitrogens with one attached hydrogen (secondary N) is 2. The minimum Gasteiger partial charge on any atom is -0.347 e. The Morgan fingerprint density at radius 3 is 3.26 bits per heavy atom. The monoisotopic (exact) mass is 274 g/mol. The Morgan fingerprint density at radius 2 is 2.42 bits per heavy atom. The van der Waals surface area contributed by atoms with Crippen molar-refractivity contribution in [3.8, 4) is 0 Å². The van der Waals surface area contributed by atoms with Crippen molar-refractivity contribution >= 4 is 17.2 Å². The van der Waals surface area contributed by atoms with Gasteiger partial charge in [-0.2, -0.15) is 0 Å². The van der Waals surface area contributed by atoms with Gasteiger partial charge in [0.1, 0.15) is 5.69 Å². The topological polar surface area (TPSA) is 66.9 Å². The van der Waals surface area contributed by atoms with E-state index in [9.17, 15) is 4.79 Å². The first-order valence-corrected chi connectivity index (χ1v) is 7.11. The van der Waals surface area contributed by atoms with Gasteiger partial charge in [-0.3, -0.25) is 9.78 Å². The molecule has 0 radical (unpaired) electrons. The quantitative estimate of drug-likeness (QED) is 0.880. The molecule has 0 unspecified atom stereocenters. The molecule has 6 heteroatoms. The molecule has 5 nitrogen and oxygen atoms in total. The van der Waals surface area contributed by atoms with Gasteiger partial charge < -0.3 is 10.6 Å². The number of fused-ring (bicyclic) bond motifs is 1. The molecule has 1 aliphatic heterocycles. The average molecular weight is 274 g/mol. The first-order valence-electron chi connectivity index (χ1n) is 6.17. The highest BCUT2D eigenvalue weighted by molar-refractivity contribution is 7.07. The molecule has 0 bridgehead atoms. The van der Waals surface area contributed by atoms with E-state index in [1.807, 2.05) is 6.20 Å². The fourth-order valence-electron chi connectivity index (χ4n) is 2.09. The van der Waals surface area contributed by atoms with Gasteiger partial charge >= 0.3 is 0 Å². The zero-order valence-corrected chi connectivity index (χ0v) is 11.2. The number of aromatic nitrogens is 2. The molecule has 0 saturated carbocycles. The number of carbonyl (C=O) groups is 1. The van der Waals surface area contributed by atoms with E-state index in [2.05, 4.69) is 26.7 Å². The third kappa shape index (κ3) is 2.80. The van der Waals surface area contributed by atoms with Gasteiger partial charge in [-0.15, -0.1) is 11.3 Å². The van der Waals surface area contributed by atoms with E-state index in [1.54, 1.807) is 10.9 Å². The Hall–Kier alpha value is -1.79. The number of rotatable bonds is 3. The van der Waals surface area contributed by atoms with Gasteiger partial charge in [-0.25, -0.2) is 4.98 Å². The van der Waals surface area contributed by atoms with Gasteiger partial charge in [0, 0.05) is 43.3 Å². The van der Waals surface area contributed by atoms with Gasteiger partial charge in [0.15, 0.2) is 0 Å². The van der Waals surface area contributed by atoms with Crippen molar-refractivity contribution in [2.75, 3.05) is 6.54 Å². The lowest BCUT2D eigenvalue weighted by Gasteiger charge is -2.16. The van der Waals surface area contributed by atoms with E-state index in [1.165, 1.54) is 16.9 Å². The van der Waals surface area contributed by atoms with Crippen LogP contribution in [0.2, 0.25) is 0 Å². The number of carbonyl (C=O) groups excluding carboxylic acids is 1. The fourth-order valence-corrected chi connectivity index (χ4v) is 2.62. The summed E-state index contributed by atoms with van der Waals surface area (Å²) in [5.41, 5.74) is 5.53. The number of pyridine rings is 1. The van der Waals surface area contributed by atoms with Crippen LogP contribution in [-0.2, 0) is 19.5 Å². The van der Waals surface area contributed by atoms with Crippen LogP contribution in [0.5, 0.6) is 0 Å². The van der Waals surface area contributed by atoms with Crippen LogP contribution in [0.15, 0.2) is 23.2 Å². The van der Waals surface area contributed by atoms with E-state index in [4.69, 9.17) is 0 Å². The standard InChI is InChI=1S/C13H14N4OS/c18-13(12-7-19-8-17-12)16-5-9-3-10-6-14-2-1-11(10)15-4-9/h3-4,7-8,14H,1-2,5-6H2,(H,16,18). The number of nitrogens with zero attached hydrogens (tertiary/aromatic N) is 2. The second-order valence-electron chi connectivity index (χ2n) is 4.43. The van der Waals surface area contributed by atoms with Crippen LogP contribution in [0.25, 0.3) is 0 Å². The molecule has 0 fully saturated rings. The van der Waals surface area contributed by atoms with Crippen molar-refractivity contribution in [1.82, 2.24) is 20.6 Å². The predicted octanol–water partition coefficient (Wildman–Crippen LogP) is 1.11. The zero-order chi connectivity index (χ0) is 13.1. The van der Waals surface area contributed by atoms with Crippen molar-refractivity contribution < 1.29 is 4.79 Å². The Bertz CT molecular complexity index is 582. The van der Waals surface area contributed by atoms with Gasteiger partial charge in [-0.05, 0) is 17.2 Å². The summed E-state index contributed by atoms with van der Waals surface area (Å²) < 4.78 is 0. The van der Waals surface area contributed by atoms with Gasteiger partial charge in [-0.1, -0.05) is 0 Å². The summed E-state index contributed by atoms with van der Waals surface area (Å²) in [4.78, 5) is 20.2. The molecule has 3 rings (SSSR count). The molecular formula is C13H14N4OS. The third-order valence-corrected chi connectivity index (χ3v) is 3.68. The second-order valence-corrected chi connectivity index (χ2v) is 5.15. The molecule has 3 heterocycles. The Balaban J connectivity index is 1.65. The van der Waals surface area contributed by atoms with Crippen LogP contribution in [0.4, 0.5) is 0 Å². The zero-order valence-electron chi connectivity index (χ0n) is 10.3. The number of amides is 1. The van der Waals surface area contributed by atoms with E-state index >= 15 is 0 Å². The summed E-state index contributed by atoms with van der Waals surface area (Å²) in [6.45, 7) is 2.33. The van der Waals surface area contributed by atoms with Crippen molar-refractivity contribution in [1.29, 1.82) is 0 Å². The van der Waals surface area contributed by atoms with Crippen molar-refractivity contribution in [3.05, 3.63) is 45.7 Å². The van der Waals surface area contributed by atoms with Crippen LogP contribution in [0.3, 0.4) is 0 Å². The maximum Gasteiger partial charge on any atom is 0.271 e. The summed E-state index contributed by atoms with van der Waals surface area (Å²) in [6.07, 6.45) is 2.81. The number of hydrogen-bond donors (Lipinski definition) is 2. The van der Waals surface area contributed by atoms with Crippen LogP contribution in [0.1, 0.15) is 27.3 Å². The fraction of sp³-hybridized carbons (Fsp3) is 0.308. The lowest BCUT2D eigenvalue weighted by Crippen LogP contribution is -2.26. The maximum atomic E-state index is 11.8. The van der Waals surface area contributed by atoms with Crippen molar-refractivity contribution in [3.63, 3.8) is 0 Å². The summed E-state index contributed by atoms with van der Waals surface area (Å²) in [5, 5.41) is 7.91. The normalized spacial score (nSPS) is 13.9. The predicted molar refractivity (Wildman–Crippen MR) is 72.9 cm³/mol. The van der Waals surface area contributed by atoms with Gasteiger partial charge in [0.2, 0.25) is 0 Å². The lowest BCUT2D eigenvalue weighted by molar-refractivity contribution is 0.0946. The molecule has 0 atom stereocenters. The second kappa shape index (κ2) is 5.46. The first-order chi connectivity index (χ1) is 9.33. The average Bonchev–Trinajstić information content (AvgIpc) is 2.99. The van der Waals surface area contributed by atoms with Crippen molar-refractivity contribution in [2.45, 2.75) is 19.5 Å². The van der Waals surface area contributed by atoms with E-state index in [0.29, 0.717) is 12.2 Å². The molecule has 19 heavy (non-hydrogen) atoms. The summed E-state index contributed by atoms with van der Waals surface area (Å²) in [6, 6.07) is 2.11. The molecular weight excluding hydrogens is 260 g/mol. The summed E-state index contributed by atoms with van der Waals surface area (Å²) >= 11 is 1.42. The summed E-state index contributed by atoms with van der Waals surface area (Å²) in [5.74, 6) is -0.142. The van der Waals surface area contributed by atoms with Gasteiger partial charge in [0.25, 0.3) is 5.91 Å². The molecule has 1 aliphatic rings. The highest BCUT2D eigenvalue weighted by Gasteiger charge is 2.11. The van der Waals surface area contributed by atoms with E-state index in [-0.39, 0.29) is 5.91 Å². The SMILES string of the molecule is O=C(NCc1cnc2c(c1)CNCC2)c1cscn1. The molecule has 2 N–H and O–H groups in total. The molecule has 1 amide bonds. The van der Waals surface area contributed by atoms with Crippen molar-refractivity contribution in [2.24, 2.45) is 0 Å². The van der Waals surface area contributed by atoms with Gasteiger partial charge in [0.05, 0.1) is 5.51 Å². The van der Waals surface area contributed by atoms with Crippen LogP contribution < -0.4 is 10.6 Å². The number of thiazole rings is 1. The third-order valence-electron chi connectivity index (χ3n) is 3.09. The first kappa shape index (κ1) is 12.3. The van der Waals surface area contributed by atoms with Crippen LogP contribution in [-0.4, -0.2) is 22.4 Å². The lowest BCUT2D eigenvalue weighted by atomic mass is 10.1. The highest BCUT2D eigenvalue weighted by Crippen LogP contribution is 2.13. The highest BCUT2D eigenvalue weighted by atomic mass is 32.1. The molecule has 0 saturated heterocycles. The Kier molecular flexibility index (Phi) is 3.52. The van der Waals surface area contributed by atoms with Crippen LogP contribution in [0, 0.1) is 0 Å². The minimum absolute atomic E-state index is 0.142. The van der Waals surface area contributed by atoms with E-state index in [0.717, 1.165) is 30.8 Å². The minimum atomic E-state index is -0.142. The van der Waals surface area contributed by atoms with E-state index < -0.39 is 0 Å². The van der Waals surface area contributed by atoms with Crippen LogP contribution >= 0.6 is 11.3 Å². The molecule has 0 aromatic carbocycles. The summed E-state index contributed by atoms with van der Waals surface area (Å²) in [7, 11) is 0. The Morgan fingerprint density at radius 1 is 1.47 bits per heavy atom. The molecule has 98 valence electrons. The molecule has 0 aliphatic carbocycles. The molecule has 0 spiro atoms. The Labute approximate surface area is 115 Å². The maximum absolute atomic E-state index is 11.8. The largest absolute Gasteiger partial charge is 0.347 e. The molecule has 2 aromatic heterocycles. The smallest absolute Gasteiger partial charge is 0.271 e. The number of hydrogen-bond acceptors (Lipinski definition) is 5.